The minimum Gasteiger partial charge on any atom is -0.497 e. The second-order valence-corrected chi connectivity index (χ2v) is 4.15. The topological polar surface area (TPSA) is 95.1 Å². The fourth-order valence-corrected chi connectivity index (χ4v) is 1.61. The lowest BCUT2D eigenvalue weighted by atomic mass is 10.3. The van der Waals surface area contributed by atoms with Crippen LogP contribution in [0, 0.1) is 0 Å². The SMILES string of the molecule is COc1cccc(NC(=O)NN2CC(C)=NNC2=O)c1. The molecule has 0 spiro atoms. The van der Waals surface area contributed by atoms with Crippen LogP contribution in [0.25, 0.3) is 0 Å². The zero-order valence-corrected chi connectivity index (χ0v) is 11.1. The Balaban J connectivity index is 1.95. The molecule has 106 valence electrons. The predicted octanol–water partition coefficient (Wildman–Crippen LogP) is 1.13. The first-order valence-corrected chi connectivity index (χ1v) is 5.91. The smallest absolute Gasteiger partial charge is 0.356 e. The van der Waals surface area contributed by atoms with Crippen molar-refractivity contribution in [3.05, 3.63) is 24.3 Å². The summed E-state index contributed by atoms with van der Waals surface area (Å²) in [5.41, 5.74) is 5.96. The van der Waals surface area contributed by atoms with Gasteiger partial charge in [0.2, 0.25) is 0 Å². The number of ether oxygens (including phenoxy) is 1. The van der Waals surface area contributed by atoms with Gasteiger partial charge in [0.1, 0.15) is 5.75 Å². The number of carbonyl (C=O) groups excluding carboxylic acids is 2. The quantitative estimate of drug-likeness (QED) is 0.773. The number of hydrogen-bond acceptors (Lipinski definition) is 4. The Bertz CT molecular complexity index is 558. The Morgan fingerprint density at radius 1 is 1.50 bits per heavy atom. The van der Waals surface area contributed by atoms with Gasteiger partial charge in [-0.25, -0.2) is 25.4 Å². The highest BCUT2D eigenvalue weighted by atomic mass is 16.5. The zero-order valence-electron chi connectivity index (χ0n) is 11.1. The number of urea groups is 2. The molecule has 0 aliphatic carbocycles. The highest BCUT2D eigenvalue weighted by Gasteiger charge is 2.20. The monoisotopic (exact) mass is 277 g/mol. The fraction of sp³-hybridized carbons (Fsp3) is 0.250. The molecule has 4 amide bonds. The molecule has 0 bridgehead atoms. The minimum absolute atomic E-state index is 0.233. The first-order chi connectivity index (χ1) is 9.58. The van der Waals surface area contributed by atoms with E-state index in [-0.39, 0.29) is 6.54 Å². The lowest BCUT2D eigenvalue weighted by molar-refractivity contribution is 0.177. The molecule has 1 aromatic rings. The number of rotatable bonds is 3. The molecule has 0 aromatic heterocycles. The third kappa shape index (κ3) is 3.37. The van der Waals surface area contributed by atoms with E-state index in [0.717, 1.165) is 5.01 Å². The van der Waals surface area contributed by atoms with Gasteiger partial charge in [-0.1, -0.05) is 6.07 Å². The molecule has 1 aliphatic heterocycles. The average molecular weight is 277 g/mol. The average Bonchev–Trinajstić information content (AvgIpc) is 2.43. The first kappa shape index (κ1) is 13.7. The third-order valence-corrected chi connectivity index (χ3v) is 2.54. The maximum absolute atomic E-state index is 11.8. The van der Waals surface area contributed by atoms with E-state index >= 15 is 0 Å². The molecule has 1 aliphatic rings. The molecule has 0 unspecified atom stereocenters. The predicted molar refractivity (Wildman–Crippen MR) is 73.5 cm³/mol. The molecule has 0 radical (unpaired) electrons. The molecule has 0 fully saturated rings. The summed E-state index contributed by atoms with van der Waals surface area (Å²) in [7, 11) is 1.54. The molecule has 1 aromatic carbocycles. The summed E-state index contributed by atoms with van der Waals surface area (Å²) in [6, 6.07) is 5.88. The molecular formula is C12H15N5O3. The van der Waals surface area contributed by atoms with Gasteiger partial charge in [-0.15, -0.1) is 0 Å². The van der Waals surface area contributed by atoms with Crippen molar-refractivity contribution in [1.29, 1.82) is 0 Å². The van der Waals surface area contributed by atoms with Crippen molar-refractivity contribution >= 4 is 23.5 Å². The van der Waals surface area contributed by atoms with Crippen molar-refractivity contribution in [3.8, 4) is 5.75 Å². The lowest BCUT2D eigenvalue weighted by Gasteiger charge is -2.25. The highest BCUT2D eigenvalue weighted by Crippen LogP contribution is 2.16. The van der Waals surface area contributed by atoms with Crippen molar-refractivity contribution in [1.82, 2.24) is 15.9 Å². The van der Waals surface area contributed by atoms with Crippen molar-refractivity contribution in [2.75, 3.05) is 19.0 Å². The highest BCUT2D eigenvalue weighted by molar-refractivity contribution is 5.95. The van der Waals surface area contributed by atoms with Gasteiger partial charge < -0.3 is 10.1 Å². The van der Waals surface area contributed by atoms with E-state index in [2.05, 4.69) is 21.3 Å². The van der Waals surface area contributed by atoms with E-state index < -0.39 is 12.1 Å². The first-order valence-electron chi connectivity index (χ1n) is 5.91. The van der Waals surface area contributed by atoms with Crippen LogP contribution in [0.3, 0.4) is 0 Å². The number of nitrogens with one attached hydrogen (secondary N) is 3. The number of anilines is 1. The van der Waals surface area contributed by atoms with Gasteiger partial charge in [-0.2, -0.15) is 5.10 Å². The number of carbonyl (C=O) groups is 2. The van der Waals surface area contributed by atoms with Crippen molar-refractivity contribution < 1.29 is 14.3 Å². The Labute approximate surface area is 115 Å². The Kier molecular flexibility index (Phi) is 4.04. The summed E-state index contributed by atoms with van der Waals surface area (Å²) in [5, 5.41) is 7.51. The molecule has 0 saturated heterocycles. The summed E-state index contributed by atoms with van der Waals surface area (Å²) in [4.78, 5) is 23.3. The maximum Gasteiger partial charge on any atom is 0.356 e. The van der Waals surface area contributed by atoms with Crippen molar-refractivity contribution in [2.45, 2.75) is 6.92 Å². The standard InChI is InChI=1S/C12H15N5O3/c1-8-7-17(12(19)15-14-8)16-11(18)13-9-4-3-5-10(6-9)20-2/h3-6H,7H2,1-2H3,(H,15,19)(H2,13,16,18). The Morgan fingerprint density at radius 3 is 3.05 bits per heavy atom. The van der Waals surface area contributed by atoms with Crippen LogP contribution in [0.15, 0.2) is 29.4 Å². The van der Waals surface area contributed by atoms with E-state index in [1.807, 2.05) is 0 Å². The van der Waals surface area contributed by atoms with E-state index in [0.29, 0.717) is 17.1 Å². The Hall–Kier alpha value is -2.77. The van der Waals surface area contributed by atoms with Crippen LogP contribution in [0.2, 0.25) is 0 Å². The van der Waals surface area contributed by atoms with E-state index in [1.165, 1.54) is 0 Å². The van der Waals surface area contributed by atoms with Crippen molar-refractivity contribution in [2.24, 2.45) is 5.10 Å². The molecule has 20 heavy (non-hydrogen) atoms. The number of hydrogen-bond donors (Lipinski definition) is 3. The van der Waals surface area contributed by atoms with Crippen molar-refractivity contribution in [3.63, 3.8) is 0 Å². The van der Waals surface area contributed by atoms with Gasteiger partial charge in [0.15, 0.2) is 0 Å². The zero-order chi connectivity index (χ0) is 14.5. The van der Waals surface area contributed by atoms with E-state index in [4.69, 9.17) is 4.74 Å². The van der Waals surface area contributed by atoms with Gasteiger partial charge in [-0.3, -0.25) is 0 Å². The van der Waals surface area contributed by atoms with Gasteiger partial charge in [0, 0.05) is 11.8 Å². The van der Waals surface area contributed by atoms with Crippen LogP contribution in [0.5, 0.6) is 5.75 Å². The number of methoxy groups -OCH3 is 1. The number of hydrazone groups is 1. The summed E-state index contributed by atoms with van der Waals surface area (Å²) in [6.45, 7) is 1.98. The number of benzene rings is 1. The second-order valence-electron chi connectivity index (χ2n) is 4.15. The number of nitrogens with zero attached hydrogens (tertiary/aromatic N) is 2. The summed E-state index contributed by atoms with van der Waals surface area (Å²) in [6.07, 6.45) is 0. The fourth-order valence-electron chi connectivity index (χ4n) is 1.61. The van der Waals surface area contributed by atoms with Gasteiger partial charge in [0.05, 0.1) is 19.4 Å². The molecular weight excluding hydrogens is 262 g/mol. The van der Waals surface area contributed by atoms with Gasteiger partial charge >= 0.3 is 12.1 Å². The van der Waals surface area contributed by atoms with Crippen LogP contribution >= 0.6 is 0 Å². The van der Waals surface area contributed by atoms with Crippen LogP contribution in [0.1, 0.15) is 6.92 Å². The molecule has 8 heteroatoms. The molecule has 8 nitrogen and oxygen atoms in total. The number of hydrazine groups is 1. The normalized spacial score (nSPS) is 14.2. The van der Waals surface area contributed by atoms with Gasteiger partial charge in [0.25, 0.3) is 0 Å². The summed E-state index contributed by atoms with van der Waals surface area (Å²) in [5.74, 6) is 0.626. The summed E-state index contributed by atoms with van der Waals surface area (Å²) >= 11 is 0. The maximum atomic E-state index is 11.8. The second kappa shape index (κ2) is 5.91. The molecule has 0 atom stereocenters. The largest absolute Gasteiger partial charge is 0.497 e. The minimum atomic E-state index is -0.525. The Morgan fingerprint density at radius 2 is 2.30 bits per heavy atom. The van der Waals surface area contributed by atoms with Gasteiger partial charge in [-0.05, 0) is 19.1 Å². The van der Waals surface area contributed by atoms with Crippen LogP contribution < -0.4 is 20.9 Å². The molecule has 0 saturated carbocycles. The lowest BCUT2D eigenvalue weighted by Crippen LogP contribution is -2.55. The summed E-state index contributed by atoms with van der Waals surface area (Å²) < 4.78 is 5.06. The van der Waals surface area contributed by atoms with Crippen LogP contribution in [0.4, 0.5) is 15.3 Å². The molecule has 1 heterocycles. The van der Waals surface area contributed by atoms with E-state index in [9.17, 15) is 9.59 Å². The number of amides is 4. The van der Waals surface area contributed by atoms with Crippen LogP contribution in [-0.2, 0) is 0 Å². The molecule has 3 N–H and O–H groups in total. The van der Waals surface area contributed by atoms with Crippen LogP contribution in [-0.4, -0.2) is 36.4 Å². The van der Waals surface area contributed by atoms with E-state index in [1.54, 1.807) is 38.3 Å². The molecule has 2 rings (SSSR count). The third-order valence-electron chi connectivity index (χ3n) is 2.54.